The van der Waals surface area contributed by atoms with Crippen molar-refractivity contribution in [3.63, 3.8) is 0 Å². The second-order valence-electron chi connectivity index (χ2n) is 4.98. The van der Waals surface area contributed by atoms with Gasteiger partial charge in [-0.15, -0.1) is 0 Å². The standard InChI is InChI=1S/C12H19BrN4O2/c1-6(2)10(11(14)18)16-8-5-15-17(7(3)4)12(19)9(8)13/h5-7,10,16H,1-4H3,(H2,14,18). The van der Waals surface area contributed by atoms with Gasteiger partial charge in [0, 0.05) is 0 Å². The predicted molar refractivity (Wildman–Crippen MR) is 78.0 cm³/mol. The van der Waals surface area contributed by atoms with Crippen molar-refractivity contribution in [2.24, 2.45) is 11.7 Å². The predicted octanol–water partition coefficient (Wildman–Crippen LogP) is 1.51. The second kappa shape index (κ2) is 6.18. The average molecular weight is 331 g/mol. The molecule has 1 amide bonds. The number of amides is 1. The molecule has 0 aliphatic carbocycles. The van der Waals surface area contributed by atoms with Crippen molar-refractivity contribution in [3.05, 3.63) is 21.0 Å². The number of nitrogens with zero attached hydrogens (tertiary/aromatic N) is 2. The maximum absolute atomic E-state index is 12.0. The molecule has 7 heteroatoms. The summed E-state index contributed by atoms with van der Waals surface area (Å²) in [5.41, 5.74) is 5.56. The normalized spacial score (nSPS) is 12.8. The number of hydrogen-bond acceptors (Lipinski definition) is 4. The summed E-state index contributed by atoms with van der Waals surface area (Å²) in [7, 11) is 0. The highest BCUT2D eigenvalue weighted by Gasteiger charge is 2.21. The maximum atomic E-state index is 12.0. The maximum Gasteiger partial charge on any atom is 0.283 e. The van der Waals surface area contributed by atoms with Crippen LogP contribution < -0.4 is 16.6 Å². The monoisotopic (exact) mass is 330 g/mol. The molecule has 3 N–H and O–H groups in total. The summed E-state index contributed by atoms with van der Waals surface area (Å²) < 4.78 is 1.72. The molecule has 1 unspecified atom stereocenters. The van der Waals surface area contributed by atoms with Crippen LogP contribution in [0.15, 0.2) is 15.5 Å². The molecule has 0 saturated carbocycles. The Morgan fingerprint density at radius 1 is 1.42 bits per heavy atom. The highest BCUT2D eigenvalue weighted by Crippen LogP contribution is 2.20. The zero-order valence-corrected chi connectivity index (χ0v) is 13.1. The number of carbonyl (C=O) groups excluding carboxylic acids is 1. The third kappa shape index (κ3) is 3.56. The Bertz CT molecular complexity index is 525. The SMILES string of the molecule is CC(C)C(Nc1cnn(C(C)C)c(=O)c1Br)C(N)=O. The van der Waals surface area contributed by atoms with E-state index < -0.39 is 11.9 Å². The van der Waals surface area contributed by atoms with Crippen LogP contribution in [-0.2, 0) is 4.79 Å². The first-order valence-electron chi connectivity index (χ1n) is 6.08. The van der Waals surface area contributed by atoms with Crippen molar-refractivity contribution in [2.45, 2.75) is 39.8 Å². The van der Waals surface area contributed by atoms with E-state index in [9.17, 15) is 9.59 Å². The summed E-state index contributed by atoms with van der Waals surface area (Å²) in [5, 5.41) is 7.03. The van der Waals surface area contributed by atoms with E-state index in [1.54, 1.807) is 0 Å². The molecule has 1 aromatic rings. The lowest BCUT2D eigenvalue weighted by atomic mass is 10.0. The van der Waals surface area contributed by atoms with E-state index in [2.05, 4.69) is 26.3 Å². The Hall–Kier alpha value is -1.37. The van der Waals surface area contributed by atoms with Crippen molar-refractivity contribution in [2.75, 3.05) is 5.32 Å². The summed E-state index contributed by atoms with van der Waals surface area (Å²) in [6, 6.07) is -0.581. The van der Waals surface area contributed by atoms with E-state index in [0.29, 0.717) is 10.2 Å². The minimum atomic E-state index is -0.549. The number of nitrogens with one attached hydrogen (secondary N) is 1. The lowest BCUT2D eigenvalue weighted by molar-refractivity contribution is -0.119. The van der Waals surface area contributed by atoms with Crippen molar-refractivity contribution in [1.29, 1.82) is 0 Å². The summed E-state index contributed by atoms with van der Waals surface area (Å²) >= 11 is 3.24. The van der Waals surface area contributed by atoms with Gasteiger partial charge in [-0.25, -0.2) is 4.68 Å². The molecule has 0 saturated heterocycles. The minimum absolute atomic E-state index is 0.0110. The highest BCUT2D eigenvalue weighted by atomic mass is 79.9. The molecule has 0 spiro atoms. The number of aromatic nitrogens is 2. The molecule has 0 aliphatic heterocycles. The van der Waals surface area contributed by atoms with E-state index in [-0.39, 0.29) is 17.5 Å². The van der Waals surface area contributed by atoms with Gasteiger partial charge in [0.05, 0.1) is 17.9 Å². The fraction of sp³-hybridized carbons (Fsp3) is 0.583. The molecule has 1 heterocycles. The van der Waals surface area contributed by atoms with Crippen LogP contribution in [0.1, 0.15) is 33.7 Å². The summed E-state index contributed by atoms with van der Waals surface area (Å²) in [6.07, 6.45) is 1.52. The number of carbonyl (C=O) groups is 1. The molecule has 0 fully saturated rings. The van der Waals surface area contributed by atoms with Gasteiger partial charge in [0.1, 0.15) is 10.5 Å². The van der Waals surface area contributed by atoms with Crippen molar-refractivity contribution in [1.82, 2.24) is 9.78 Å². The quantitative estimate of drug-likeness (QED) is 0.856. The Morgan fingerprint density at radius 3 is 2.42 bits per heavy atom. The lowest BCUT2D eigenvalue weighted by Crippen LogP contribution is -2.40. The van der Waals surface area contributed by atoms with Crippen LogP contribution in [0.3, 0.4) is 0 Å². The number of nitrogens with two attached hydrogens (primary N) is 1. The first kappa shape index (κ1) is 15.7. The molecule has 0 aliphatic rings. The van der Waals surface area contributed by atoms with E-state index in [4.69, 9.17) is 5.73 Å². The molecule has 19 heavy (non-hydrogen) atoms. The second-order valence-corrected chi connectivity index (χ2v) is 5.78. The zero-order valence-electron chi connectivity index (χ0n) is 11.5. The van der Waals surface area contributed by atoms with Crippen LogP contribution in [0.2, 0.25) is 0 Å². The van der Waals surface area contributed by atoms with Gasteiger partial charge in [-0.05, 0) is 35.7 Å². The summed E-state index contributed by atoms with van der Waals surface area (Å²) in [5.74, 6) is -0.452. The minimum Gasteiger partial charge on any atom is -0.371 e. The Balaban J connectivity index is 3.13. The molecule has 0 bridgehead atoms. The van der Waals surface area contributed by atoms with Gasteiger partial charge >= 0.3 is 0 Å². The van der Waals surface area contributed by atoms with E-state index in [1.165, 1.54) is 10.9 Å². The molecular weight excluding hydrogens is 312 g/mol. The molecule has 1 aromatic heterocycles. The molecule has 1 rings (SSSR count). The third-order valence-electron chi connectivity index (χ3n) is 2.72. The molecule has 1 atom stereocenters. The smallest absolute Gasteiger partial charge is 0.283 e. The summed E-state index contributed by atoms with van der Waals surface area (Å²) in [6.45, 7) is 7.49. The van der Waals surface area contributed by atoms with Crippen molar-refractivity contribution >= 4 is 27.5 Å². The van der Waals surface area contributed by atoms with Crippen LogP contribution in [0, 0.1) is 5.92 Å². The van der Waals surface area contributed by atoms with Gasteiger partial charge in [0.15, 0.2) is 0 Å². The fourth-order valence-electron chi connectivity index (χ4n) is 1.65. The van der Waals surface area contributed by atoms with E-state index in [0.717, 1.165) is 0 Å². The Morgan fingerprint density at radius 2 is 2.00 bits per heavy atom. The number of halogens is 1. The third-order valence-corrected chi connectivity index (χ3v) is 3.48. The van der Waals surface area contributed by atoms with Crippen LogP contribution in [0.25, 0.3) is 0 Å². The molecular formula is C12H19BrN4O2. The zero-order chi connectivity index (χ0) is 14.7. The summed E-state index contributed by atoms with van der Waals surface area (Å²) in [4.78, 5) is 23.4. The van der Waals surface area contributed by atoms with Crippen LogP contribution in [0.5, 0.6) is 0 Å². The van der Waals surface area contributed by atoms with Crippen LogP contribution >= 0.6 is 15.9 Å². The molecule has 106 valence electrons. The molecule has 0 radical (unpaired) electrons. The first-order valence-corrected chi connectivity index (χ1v) is 6.88. The van der Waals surface area contributed by atoms with E-state index in [1.807, 2.05) is 27.7 Å². The average Bonchev–Trinajstić information content (AvgIpc) is 2.29. The van der Waals surface area contributed by atoms with Gasteiger partial charge in [-0.2, -0.15) is 5.10 Å². The molecule has 6 nitrogen and oxygen atoms in total. The van der Waals surface area contributed by atoms with Gasteiger partial charge in [-0.1, -0.05) is 13.8 Å². The van der Waals surface area contributed by atoms with Gasteiger partial charge in [0.2, 0.25) is 5.91 Å². The van der Waals surface area contributed by atoms with Crippen molar-refractivity contribution < 1.29 is 4.79 Å². The molecule has 0 aromatic carbocycles. The topological polar surface area (TPSA) is 90.0 Å². The Kier molecular flexibility index (Phi) is 5.11. The first-order chi connectivity index (χ1) is 8.75. The fourth-order valence-corrected chi connectivity index (χ4v) is 2.05. The Labute approximate surface area is 120 Å². The van der Waals surface area contributed by atoms with E-state index >= 15 is 0 Å². The number of hydrogen-bond donors (Lipinski definition) is 2. The lowest BCUT2D eigenvalue weighted by Gasteiger charge is -2.21. The van der Waals surface area contributed by atoms with Gasteiger partial charge in [-0.3, -0.25) is 9.59 Å². The van der Waals surface area contributed by atoms with Gasteiger partial charge in [0.25, 0.3) is 5.56 Å². The number of primary amides is 1. The number of rotatable bonds is 5. The highest BCUT2D eigenvalue weighted by molar-refractivity contribution is 9.10. The van der Waals surface area contributed by atoms with Crippen LogP contribution in [-0.4, -0.2) is 21.7 Å². The number of anilines is 1. The largest absolute Gasteiger partial charge is 0.371 e. The van der Waals surface area contributed by atoms with Gasteiger partial charge < -0.3 is 11.1 Å². The van der Waals surface area contributed by atoms with Crippen molar-refractivity contribution in [3.8, 4) is 0 Å². The van der Waals surface area contributed by atoms with Crippen LogP contribution in [0.4, 0.5) is 5.69 Å².